The summed E-state index contributed by atoms with van der Waals surface area (Å²) in [6.45, 7) is 0. The molecule has 126 valence electrons. The number of aromatic nitrogens is 3. The molecule has 0 aliphatic carbocycles. The van der Waals surface area contributed by atoms with Gasteiger partial charge < -0.3 is 5.32 Å². The Balaban J connectivity index is 1.39. The fourth-order valence-electron chi connectivity index (χ4n) is 2.68. The molecule has 2 unspecified atom stereocenters. The minimum absolute atomic E-state index is 0.0600. The average molecular weight is 352 g/mol. The molecule has 4 rings (SSSR count). The molecule has 3 aromatic heterocycles. The summed E-state index contributed by atoms with van der Waals surface area (Å²) in [5, 5.41) is 5.32. The topological polar surface area (TPSA) is 91.8 Å². The Hall–Kier alpha value is -2.68. The Morgan fingerprint density at radius 1 is 1.16 bits per heavy atom. The fraction of sp³-hybridized carbons (Fsp3) is 0.176. The van der Waals surface area contributed by atoms with Gasteiger partial charge in [0.2, 0.25) is 5.91 Å². The molecular weight excluding hydrogens is 336 g/mol. The lowest BCUT2D eigenvalue weighted by atomic mass is 10.0. The second-order valence-corrected chi connectivity index (χ2v) is 6.52. The molecule has 1 amide bonds. The number of nitrogens with zero attached hydrogens (tertiary/aromatic N) is 3. The zero-order valence-electron chi connectivity index (χ0n) is 13.2. The van der Waals surface area contributed by atoms with Crippen molar-refractivity contribution in [2.75, 3.05) is 5.32 Å². The summed E-state index contributed by atoms with van der Waals surface area (Å²) in [6, 6.07) is 9.27. The third-order valence-corrected chi connectivity index (χ3v) is 4.73. The molecule has 0 saturated carbocycles. The Labute approximate surface area is 148 Å². The number of rotatable bonds is 4. The maximum absolute atomic E-state index is 12.5. The monoisotopic (exact) mass is 352 g/mol. The van der Waals surface area contributed by atoms with E-state index < -0.39 is 0 Å². The van der Waals surface area contributed by atoms with E-state index in [0.29, 0.717) is 11.6 Å². The largest absolute Gasteiger partial charge is 0.301 e. The Bertz CT molecular complexity index is 854. The first-order chi connectivity index (χ1) is 12.3. The number of hydrogen-bond acceptors (Lipinski definition) is 7. The van der Waals surface area contributed by atoms with Crippen molar-refractivity contribution in [2.24, 2.45) is 0 Å². The summed E-state index contributed by atoms with van der Waals surface area (Å²) in [4.78, 5) is 25.3. The SMILES string of the molecule is O=C(Nc1nc(-c2ccccn2)cs1)C1CC(c2cccnc2)NN1. The second kappa shape index (κ2) is 7.06. The van der Waals surface area contributed by atoms with Gasteiger partial charge in [0.05, 0.1) is 5.69 Å². The average Bonchev–Trinajstić information content (AvgIpc) is 3.33. The highest BCUT2D eigenvalue weighted by Gasteiger charge is 2.30. The minimum Gasteiger partial charge on any atom is -0.301 e. The first-order valence-electron chi connectivity index (χ1n) is 7.88. The van der Waals surface area contributed by atoms with Crippen molar-refractivity contribution in [2.45, 2.75) is 18.5 Å². The van der Waals surface area contributed by atoms with Gasteiger partial charge in [0, 0.05) is 30.0 Å². The van der Waals surface area contributed by atoms with E-state index in [1.54, 1.807) is 18.6 Å². The molecule has 0 radical (unpaired) electrons. The molecule has 1 aliphatic heterocycles. The first kappa shape index (κ1) is 15.8. The number of thiazole rings is 1. The predicted octanol–water partition coefficient (Wildman–Crippen LogP) is 2.15. The lowest BCUT2D eigenvalue weighted by Gasteiger charge is -2.08. The highest BCUT2D eigenvalue weighted by molar-refractivity contribution is 7.14. The minimum atomic E-state index is -0.326. The van der Waals surface area contributed by atoms with Gasteiger partial charge >= 0.3 is 0 Å². The molecule has 3 aromatic rings. The number of hydrogen-bond donors (Lipinski definition) is 3. The van der Waals surface area contributed by atoms with E-state index in [-0.39, 0.29) is 18.0 Å². The van der Waals surface area contributed by atoms with Gasteiger partial charge in [0.15, 0.2) is 5.13 Å². The van der Waals surface area contributed by atoms with Crippen LogP contribution in [0.1, 0.15) is 18.0 Å². The number of hydrazine groups is 1. The van der Waals surface area contributed by atoms with Crippen LogP contribution >= 0.6 is 11.3 Å². The number of pyridine rings is 2. The molecule has 7 nitrogen and oxygen atoms in total. The van der Waals surface area contributed by atoms with Crippen LogP contribution in [0.3, 0.4) is 0 Å². The van der Waals surface area contributed by atoms with Crippen molar-refractivity contribution in [3.63, 3.8) is 0 Å². The van der Waals surface area contributed by atoms with Crippen molar-refractivity contribution in [3.05, 3.63) is 59.9 Å². The predicted molar refractivity (Wildman–Crippen MR) is 95.6 cm³/mol. The highest BCUT2D eigenvalue weighted by Crippen LogP contribution is 2.25. The number of nitrogens with one attached hydrogen (secondary N) is 3. The van der Waals surface area contributed by atoms with Crippen LogP contribution in [0.5, 0.6) is 0 Å². The lowest BCUT2D eigenvalue weighted by molar-refractivity contribution is -0.117. The standard InChI is InChI=1S/C17H16N6OS/c24-16(14-8-13(22-23-14)11-4-3-6-18-9-11)21-17-20-15(10-25-17)12-5-1-2-7-19-12/h1-7,9-10,13-14,22-23H,8H2,(H,20,21,24). The van der Waals surface area contributed by atoms with Crippen LogP contribution in [0, 0.1) is 0 Å². The van der Waals surface area contributed by atoms with E-state index in [2.05, 4.69) is 31.1 Å². The maximum Gasteiger partial charge on any atom is 0.244 e. The highest BCUT2D eigenvalue weighted by atomic mass is 32.1. The molecule has 4 heterocycles. The zero-order valence-corrected chi connectivity index (χ0v) is 14.0. The number of amides is 1. The number of anilines is 1. The van der Waals surface area contributed by atoms with Crippen LogP contribution in [0.25, 0.3) is 11.4 Å². The molecule has 1 saturated heterocycles. The molecule has 0 bridgehead atoms. The molecule has 1 fully saturated rings. The van der Waals surface area contributed by atoms with Crippen LogP contribution in [0.2, 0.25) is 0 Å². The van der Waals surface area contributed by atoms with Crippen LogP contribution in [0.4, 0.5) is 5.13 Å². The van der Waals surface area contributed by atoms with E-state index in [0.717, 1.165) is 17.0 Å². The smallest absolute Gasteiger partial charge is 0.244 e. The maximum atomic E-state index is 12.5. The molecule has 0 spiro atoms. The van der Waals surface area contributed by atoms with E-state index >= 15 is 0 Å². The van der Waals surface area contributed by atoms with Gasteiger partial charge in [-0.2, -0.15) is 0 Å². The van der Waals surface area contributed by atoms with Gasteiger partial charge in [0.25, 0.3) is 0 Å². The number of carbonyl (C=O) groups excluding carboxylic acids is 1. The van der Waals surface area contributed by atoms with Gasteiger partial charge in [0.1, 0.15) is 11.7 Å². The van der Waals surface area contributed by atoms with Crippen LogP contribution < -0.4 is 16.2 Å². The number of carbonyl (C=O) groups is 1. The van der Waals surface area contributed by atoms with Gasteiger partial charge in [-0.15, -0.1) is 11.3 Å². The van der Waals surface area contributed by atoms with E-state index in [1.165, 1.54) is 11.3 Å². The van der Waals surface area contributed by atoms with Crippen molar-refractivity contribution in [3.8, 4) is 11.4 Å². The first-order valence-corrected chi connectivity index (χ1v) is 8.76. The van der Waals surface area contributed by atoms with E-state index in [1.807, 2.05) is 35.7 Å². The zero-order chi connectivity index (χ0) is 17.1. The quantitative estimate of drug-likeness (QED) is 0.666. The third kappa shape index (κ3) is 3.55. The summed E-state index contributed by atoms with van der Waals surface area (Å²) in [6.07, 6.45) is 5.91. The van der Waals surface area contributed by atoms with Crippen LogP contribution in [-0.4, -0.2) is 26.9 Å². The normalized spacial score (nSPS) is 19.7. The molecule has 2 atom stereocenters. The van der Waals surface area contributed by atoms with Crippen molar-refractivity contribution in [1.29, 1.82) is 0 Å². The molecule has 8 heteroatoms. The summed E-state index contributed by atoms with van der Waals surface area (Å²) in [5.74, 6) is -0.110. The Morgan fingerprint density at radius 2 is 2.12 bits per heavy atom. The van der Waals surface area contributed by atoms with Crippen molar-refractivity contribution < 1.29 is 4.79 Å². The fourth-order valence-corrected chi connectivity index (χ4v) is 3.39. The molecule has 0 aromatic carbocycles. The summed E-state index contributed by atoms with van der Waals surface area (Å²) in [7, 11) is 0. The van der Waals surface area contributed by atoms with Crippen LogP contribution in [0.15, 0.2) is 54.3 Å². The molecular formula is C17H16N6OS. The third-order valence-electron chi connectivity index (χ3n) is 3.97. The Kier molecular flexibility index (Phi) is 4.47. The van der Waals surface area contributed by atoms with Gasteiger partial charge in [-0.05, 0) is 30.2 Å². The molecule has 25 heavy (non-hydrogen) atoms. The van der Waals surface area contributed by atoms with Gasteiger partial charge in [-0.3, -0.25) is 14.8 Å². The van der Waals surface area contributed by atoms with E-state index in [4.69, 9.17) is 0 Å². The van der Waals surface area contributed by atoms with Gasteiger partial charge in [-0.1, -0.05) is 12.1 Å². The summed E-state index contributed by atoms with van der Waals surface area (Å²) in [5.41, 5.74) is 8.78. The Morgan fingerprint density at radius 3 is 2.92 bits per heavy atom. The lowest BCUT2D eigenvalue weighted by Crippen LogP contribution is -2.39. The molecule has 3 N–H and O–H groups in total. The van der Waals surface area contributed by atoms with Crippen molar-refractivity contribution in [1.82, 2.24) is 25.8 Å². The summed E-state index contributed by atoms with van der Waals surface area (Å²) < 4.78 is 0. The van der Waals surface area contributed by atoms with E-state index in [9.17, 15) is 4.79 Å². The van der Waals surface area contributed by atoms with Gasteiger partial charge in [-0.25, -0.2) is 15.8 Å². The summed E-state index contributed by atoms with van der Waals surface area (Å²) >= 11 is 1.39. The second-order valence-electron chi connectivity index (χ2n) is 5.66. The van der Waals surface area contributed by atoms with Crippen molar-refractivity contribution >= 4 is 22.4 Å². The molecule has 1 aliphatic rings. The van der Waals surface area contributed by atoms with Crippen LogP contribution in [-0.2, 0) is 4.79 Å².